The van der Waals surface area contributed by atoms with Gasteiger partial charge in [0, 0.05) is 24.5 Å². The van der Waals surface area contributed by atoms with E-state index >= 15 is 0 Å². The summed E-state index contributed by atoms with van der Waals surface area (Å²) < 4.78 is 5.28. The van der Waals surface area contributed by atoms with Gasteiger partial charge < -0.3 is 25.1 Å². The van der Waals surface area contributed by atoms with Crippen molar-refractivity contribution in [3.05, 3.63) is 46.0 Å². The van der Waals surface area contributed by atoms with E-state index in [0.29, 0.717) is 24.8 Å². The van der Waals surface area contributed by atoms with Gasteiger partial charge >= 0.3 is 0 Å². The van der Waals surface area contributed by atoms with Gasteiger partial charge in [-0.05, 0) is 49.4 Å². The maximum Gasteiger partial charge on any atom is 0.244 e. The highest BCUT2D eigenvalue weighted by atomic mass is 127. The molecule has 3 heterocycles. The van der Waals surface area contributed by atoms with Crippen molar-refractivity contribution in [2.24, 2.45) is 4.99 Å². The minimum atomic E-state index is -1.17. The van der Waals surface area contributed by atoms with Crippen molar-refractivity contribution >= 4 is 47.2 Å². The van der Waals surface area contributed by atoms with Crippen LogP contribution in [0.25, 0.3) is 0 Å². The van der Waals surface area contributed by atoms with Gasteiger partial charge in [-0.15, -0.1) is 35.3 Å². The number of aliphatic hydroxyl groups is 1. The van der Waals surface area contributed by atoms with Crippen molar-refractivity contribution in [1.82, 2.24) is 15.5 Å². The number of guanidine groups is 1. The highest BCUT2D eigenvalue weighted by Gasteiger charge is 2.26. The molecule has 1 atom stereocenters. The molecule has 7 nitrogen and oxygen atoms in total. The number of hydrogen-bond acceptors (Lipinski definition) is 5. The zero-order chi connectivity index (χ0) is 19.3. The molecule has 1 aliphatic heterocycles. The lowest BCUT2D eigenvalue weighted by molar-refractivity contribution is -0.130. The van der Waals surface area contributed by atoms with Crippen LogP contribution in [0.1, 0.15) is 30.0 Å². The molecule has 0 aromatic carbocycles. The average Bonchev–Trinajstić information content (AvgIpc) is 3.35. The van der Waals surface area contributed by atoms with E-state index in [4.69, 9.17) is 4.42 Å². The van der Waals surface area contributed by atoms with Crippen LogP contribution in [0.5, 0.6) is 0 Å². The summed E-state index contributed by atoms with van der Waals surface area (Å²) >= 11 is 1.75. The molecule has 9 heteroatoms. The summed E-state index contributed by atoms with van der Waals surface area (Å²) in [6.45, 7) is 5.95. The fourth-order valence-electron chi connectivity index (χ4n) is 2.98. The molecule has 0 aliphatic carbocycles. The number of nitrogens with one attached hydrogen (secondary N) is 2. The number of aliphatic imine (C=N–C) groups is 1. The van der Waals surface area contributed by atoms with Gasteiger partial charge in [0.2, 0.25) is 5.91 Å². The van der Waals surface area contributed by atoms with Gasteiger partial charge in [0.15, 0.2) is 5.96 Å². The largest absolute Gasteiger partial charge is 0.466 e. The van der Waals surface area contributed by atoms with Crippen LogP contribution in [0.15, 0.2) is 39.3 Å². The monoisotopic (exact) mass is 518 g/mol. The molecule has 28 heavy (non-hydrogen) atoms. The van der Waals surface area contributed by atoms with Crippen molar-refractivity contribution in [1.29, 1.82) is 0 Å². The molecule has 0 fully saturated rings. The molecule has 0 saturated carbocycles. The average molecular weight is 518 g/mol. The second-order valence-electron chi connectivity index (χ2n) is 6.73. The van der Waals surface area contributed by atoms with Crippen LogP contribution < -0.4 is 10.6 Å². The Kier molecular flexibility index (Phi) is 8.32. The predicted octanol–water partition coefficient (Wildman–Crippen LogP) is 2.31. The van der Waals surface area contributed by atoms with E-state index in [2.05, 4.69) is 27.1 Å². The Morgan fingerprint density at radius 3 is 2.96 bits per heavy atom. The smallest absolute Gasteiger partial charge is 0.244 e. The summed E-state index contributed by atoms with van der Waals surface area (Å²) in [5.41, 5.74) is 0.0643. The third-order valence-electron chi connectivity index (χ3n) is 4.53. The molecule has 0 spiro atoms. The van der Waals surface area contributed by atoms with Gasteiger partial charge in [-0.2, -0.15) is 0 Å². The molecule has 1 unspecified atom stereocenters. The molecule has 154 valence electrons. The summed E-state index contributed by atoms with van der Waals surface area (Å²) in [6.07, 6.45) is 2.44. The first-order valence-corrected chi connectivity index (χ1v) is 9.99. The minimum absolute atomic E-state index is 0. The number of hydrogen-bond donors (Lipinski definition) is 3. The maximum atomic E-state index is 12.5. The Hall–Kier alpha value is -1.59. The Morgan fingerprint density at radius 2 is 2.25 bits per heavy atom. The number of nitrogens with zero attached hydrogens (tertiary/aromatic N) is 2. The fraction of sp³-hybridized carbons (Fsp3) is 0.474. The van der Waals surface area contributed by atoms with Crippen molar-refractivity contribution in [2.45, 2.75) is 32.4 Å². The molecule has 0 radical (unpaired) electrons. The lowest BCUT2D eigenvalue weighted by Gasteiger charge is -2.26. The van der Waals surface area contributed by atoms with Gasteiger partial charge in [0.25, 0.3) is 0 Å². The van der Waals surface area contributed by atoms with Crippen LogP contribution in [0.4, 0.5) is 0 Å². The van der Waals surface area contributed by atoms with Crippen molar-refractivity contribution < 1.29 is 14.3 Å². The Balaban J connectivity index is 0.00000280. The highest BCUT2D eigenvalue weighted by molar-refractivity contribution is 14.0. The lowest BCUT2D eigenvalue weighted by atomic mass is 10.0. The van der Waals surface area contributed by atoms with Gasteiger partial charge in [-0.1, -0.05) is 0 Å². The first kappa shape index (κ1) is 22.7. The number of carbonyl (C=O) groups excluding carboxylic acids is 1. The van der Waals surface area contributed by atoms with Crippen LogP contribution in [-0.2, 0) is 23.4 Å². The molecule has 2 aromatic heterocycles. The van der Waals surface area contributed by atoms with Gasteiger partial charge in [-0.3, -0.25) is 4.79 Å². The van der Waals surface area contributed by atoms with E-state index in [-0.39, 0.29) is 43.0 Å². The zero-order valence-electron chi connectivity index (χ0n) is 16.1. The summed E-state index contributed by atoms with van der Waals surface area (Å²) in [7, 11) is 0. The van der Waals surface area contributed by atoms with E-state index < -0.39 is 5.60 Å². The first-order valence-electron chi connectivity index (χ1n) is 9.11. The Bertz CT molecular complexity index is 789. The maximum absolute atomic E-state index is 12.5. The van der Waals surface area contributed by atoms with Gasteiger partial charge in [0.05, 0.1) is 12.8 Å². The molecular weight excluding hydrogens is 491 g/mol. The number of amides is 1. The second-order valence-corrected chi connectivity index (χ2v) is 7.73. The summed E-state index contributed by atoms with van der Waals surface area (Å²) in [5, 5.41) is 18.8. The molecule has 1 amide bonds. The van der Waals surface area contributed by atoms with Crippen LogP contribution in [0, 0.1) is 0 Å². The summed E-state index contributed by atoms with van der Waals surface area (Å²) in [4.78, 5) is 20.1. The van der Waals surface area contributed by atoms with Crippen molar-refractivity contribution in [3.8, 4) is 0 Å². The number of fused-ring (bicyclic) bond motifs is 1. The molecule has 3 rings (SSSR count). The number of thiophene rings is 1. The van der Waals surface area contributed by atoms with Crippen molar-refractivity contribution in [2.75, 3.05) is 26.2 Å². The fourth-order valence-corrected chi connectivity index (χ4v) is 3.87. The predicted molar refractivity (Wildman–Crippen MR) is 121 cm³/mol. The number of furan rings is 1. The van der Waals surface area contributed by atoms with Crippen LogP contribution >= 0.6 is 35.3 Å². The van der Waals surface area contributed by atoms with Crippen molar-refractivity contribution in [3.63, 3.8) is 0 Å². The van der Waals surface area contributed by atoms with E-state index in [0.717, 1.165) is 13.0 Å². The molecule has 3 N–H and O–H groups in total. The van der Waals surface area contributed by atoms with Gasteiger partial charge in [0.1, 0.15) is 17.9 Å². The van der Waals surface area contributed by atoms with E-state index in [1.807, 2.05) is 11.8 Å². The lowest BCUT2D eigenvalue weighted by Crippen LogP contribution is -2.45. The molecular formula is C19H27IN4O3S. The number of halogens is 1. The minimum Gasteiger partial charge on any atom is -0.466 e. The normalized spacial score (nSPS) is 16.0. The summed E-state index contributed by atoms with van der Waals surface area (Å²) in [6, 6.07) is 5.55. The molecule has 1 aliphatic rings. The highest BCUT2D eigenvalue weighted by Crippen LogP contribution is 2.24. The second kappa shape index (κ2) is 10.3. The quantitative estimate of drug-likeness (QED) is 0.310. The first-order chi connectivity index (χ1) is 13.0. The third-order valence-corrected chi connectivity index (χ3v) is 5.55. The van der Waals surface area contributed by atoms with Crippen LogP contribution in [-0.4, -0.2) is 48.1 Å². The van der Waals surface area contributed by atoms with E-state index in [1.165, 1.54) is 16.7 Å². The van der Waals surface area contributed by atoms with E-state index in [1.54, 1.807) is 30.4 Å². The third kappa shape index (κ3) is 5.71. The topological polar surface area (TPSA) is 90.1 Å². The number of carbonyl (C=O) groups is 1. The molecule has 0 saturated heterocycles. The Labute approximate surface area is 186 Å². The summed E-state index contributed by atoms with van der Waals surface area (Å²) in [5.74, 6) is 0.967. The van der Waals surface area contributed by atoms with Crippen LogP contribution in [0.2, 0.25) is 0 Å². The Morgan fingerprint density at radius 1 is 1.43 bits per heavy atom. The molecule has 2 aromatic rings. The van der Waals surface area contributed by atoms with Crippen LogP contribution in [0.3, 0.4) is 0 Å². The SMILES string of the molecule is CCNC(=NCC(=O)N1CCc2sccc2C1)NCC(C)(O)c1ccco1.I. The molecule has 0 bridgehead atoms. The standard InChI is InChI=1S/C19H26N4O3S.HI/c1-3-20-18(22-13-19(2,25)16-5-4-9-26-16)21-11-17(24)23-8-6-15-14(12-23)7-10-27-15;/h4-5,7,9-10,25H,3,6,8,11-13H2,1-2H3,(H2,20,21,22);1H. The zero-order valence-corrected chi connectivity index (χ0v) is 19.3. The van der Waals surface area contributed by atoms with Gasteiger partial charge in [-0.25, -0.2) is 4.99 Å². The number of rotatable bonds is 6. The van der Waals surface area contributed by atoms with E-state index in [9.17, 15) is 9.90 Å².